The van der Waals surface area contributed by atoms with E-state index in [-0.39, 0.29) is 11.5 Å². The molecule has 1 atom stereocenters. The minimum atomic E-state index is -0.554. The van der Waals surface area contributed by atoms with Crippen LogP contribution in [-0.2, 0) is 4.79 Å². The number of carbonyl (C=O) groups excluding carboxylic acids is 1. The number of rotatable bonds is 5. The molecule has 4 N–H and O–H groups in total. The van der Waals surface area contributed by atoms with E-state index in [0.717, 1.165) is 5.75 Å². The number of anilines is 1. The monoisotopic (exact) mass is 242 g/mol. The van der Waals surface area contributed by atoms with E-state index in [9.17, 15) is 9.59 Å². The van der Waals surface area contributed by atoms with Crippen molar-refractivity contribution in [3.05, 3.63) is 22.5 Å². The van der Waals surface area contributed by atoms with Gasteiger partial charge in [-0.2, -0.15) is 16.9 Å². The number of hydrogen-bond donors (Lipinski definition) is 3. The normalized spacial score (nSPS) is 12.1. The molecule has 1 heterocycles. The molecular weight excluding hydrogens is 228 g/mol. The SMILES string of the molecule is CSCC[C@H](N)C(=O)Nc1ccc(=O)[nH]n1. The van der Waals surface area contributed by atoms with Crippen LogP contribution in [-0.4, -0.2) is 34.2 Å². The van der Waals surface area contributed by atoms with E-state index < -0.39 is 6.04 Å². The van der Waals surface area contributed by atoms with Gasteiger partial charge in [-0.15, -0.1) is 0 Å². The van der Waals surface area contributed by atoms with Crippen molar-refractivity contribution in [2.45, 2.75) is 12.5 Å². The van der Waals surface area contributed by atoms with Crippen LogP contribution in [0.25, 0.3) is 0 Å². The van der Waals surface area contributed by atoms with Crippen LogP contribution in [0.3, 0.4) is 0 Å². The fourth-order valence-electron chi connectivity index (χ4n) is 1.01. The van der Waals surface area contributed by atoms with Crippen molar-refractivity contribution < 1.29 is 4.79 Å². The number of amides is 1. The third-order valence-corrected chi connectivity index (χ3v) is 2.54. The second-order valence-corrected chi connectivity index (χ2v) is 4.17. The molecule has 0 bridgehead atoms. The van der Waals surface area contributed by atoms with Crippen molar-refractivity contribution in [3.8, 4) is 0 Å². The molecule has 0 saturated heterocycles. The first-order valence-electron chi connectivity index (χ1n) is 4.74. The molecule has 0 radical (unpaired) electrons. The zero-order valence-corrected chi connectivity index (χ0v) is 9.71. The summed E-state index contributed by atoms with van der Waals surface area (Å²) in [5, 5.41) is 8.40. The lowest BCUT2D eigenvalue weighted by Crippen LogP contribution is -2.36. The fraction of sp³-hybridized carbons (Fsp3) is 0.444. The summed E-state index contributed by atoms with van der Waals surface area (Å²) in [7, 11) is 0. The second kappa shape index (κ2) is 6.29. The van der Waals surface area contributed by atoms with Crippen LogP contribution >= 0.6 is 11.8 Å². The van der Waals surface area contributed by atoms with Crippen molar-refractivity contribution in [1.29, 1.82) is 0 Å². The molecule has 1 rings (SSSR count). The van der Waals surface area contributed by atoms with Gasteiger partial charge in [-0.3, -0.25) is 9.59 Å². The zero-order chi connectivity index (χ0) is 12.0. The van der Waals surface area contributed by atoms with Crippen LogP contribution in [0.4, 0.5) is 5.82 Å². The number of aromatic nitrogens is 2. The van der Waals surface area contributed by atoms with Gasteiger partial charge in [0.1, 0.15) is 0 Å². The largest absolute Gasteiger partial charge is 0.320 e. The van der Waals surface area contributed by atoms with Gasteiger partial charge in [0.05, 0.1) is 6.04 Å². The van der Waals surface area contributed by atoms with Gasteiger partial charge in [0.25, 0.3) is 5.56 Å². The van der Waals surface area contributed by atoms with Gasteiger partial charge in [-0.05, 0) is 24.5 Å². The van der Waals surface area contributed by atoms with Crippen molar-refractivity contribution in [3.63, 3.8) is 0 Å². The van der Waals surface area contributed by atoms with Gasteiger partial charge in [0.15, 0.2) is 5.82 Å². The van der Waals surface area contributed by atoms with E-state index >= 15 is 0 Å². The lowest BCUT2D eigenvalue weighted by molar-refractivity contribution is -0.117. The molecule has 7 heteroatoms. The molecule has 6 nitrogen and oxygen atoms in total. The molecule has 1 aromatic heterocycles. The topological polar surface area (TPSA) is 101 Å². The second-order valence-electron chi connectivity index (χ2n) is 3.18. The Bertz CT molecular complexity index is 386. The lowest BCUT2D eigenvalue weighted by atomic mass is 10.2. The number of nitrogens with two attached hydrogens (primary N) is 1. The number of H-pyrrole nitrogens is 1. The molecule has 1 amide bonds. The van der Waals surface area contributed by atoms with E-state index in [1.165, 1.54) is 12.1 Å². The summed E-state index contributed by atoms with van der Waals surface area (Å²) in [4.78, 5) is 22.3. The molecule has 0 saturated carbocycles. The molecule has 1 aromatic rings. The Labute approximate surface area is 97.0 Å². The van der Waals surface area contributed by atoms with Crippen LogP contribution in [0.5, 0.6) is 0 Å². The van der Waals surface area contributed by atoms with Crippen molar-refractivity contribution >= 4 is 23.5 Å². The van der Waals surface area contributed by atoms with E-state index in [2.05, 4.69) is 15.5 Å². The van der Waals surface area contributed by atoms with Crippen LogP contribution in [0.1, 0.15) is 6.42 Å². The Morgan fingerprint density at radius 2 is 2.44 bits per heavy atom. The van der Waals surface area contributed by atoms with Gasteiger partial charge in [-0.25, -0.2) is 5.10 Å². The smallest absolute Gasteiger partial charge is 0.264 e. The molecule has 0 aliphatic carbocycles. The Hall–Kier alpha value is -1.34. The Morgan fingerprint density at radius 3 is 3.00 bits per heavy atom. The average molecular weight is 242 g/mol. The van der Waals surface area contributed by atoms with Gasteiger partial charge in [0, 0.05) is 6.07 Å². The first kappa shape index (κ1) is 12.7. The maximum atomic E-state index is 11.5. The van der Waals surface area contributed by atoms with E-state index in [1.807, 2.05) is 6.26 Å². The van der Waals surface area contributed by atoms with Crippen LogP contribution < -0.4 is 16.6 Å². The lowest BCUT2D eigenvalue weighted by Gasteiger charge is -2.10. The molecule has 16 heavy (non-hydrogen) atoms. The predicted molar refractivity (Wildman–Crippen MR) is 64.5 cm³/mol. The van der Waals surface area contributed by atoms with Gasteiger partial charge in [-0.1, -0.05) is 0 Å². The summed E-state index contributed by atoms with van der Waals surface area (Å²) >= 11 is 1.63. The highest BCUT2D eigenvalue weighted by atomic mass is 32.2. The number of nitrogens with one attached hydrogen (secondary N) is 2. The summed E-state index contributed by atoms with van der Waals surface area (Å²) in [5.74, 6) is 0.825. The third kappa shape index (κ3) is 4.03. The number of carbonyl (C=O) groups is 1. The van der Waals surface area contributed by atoms with Crippen LogP contribution in [0, 0.1) is 0 Å². The average Bonchev–Trinajstić information content (AvgIpc) is 2.29. The van der Waals surface area contributed by atoms with E-state index in [0.29, 0.717) is 12.2 Å². The first-order valence-corrected chi connectivity index (χ1v) is 6.14. The van der Waals surface area contributed by atoms with E-state index in [1.54, 1.807) is 11.8 Å². The zero-order valence-electron chi connectivity index (χ0n) is 8.90. The van der Waals surface area contributed by atoms with Gasteiger partial charge >= 0.3 is 0 Å². The molecule has 0 aliphatic rings. The molecule has 0 unspecified atom stereocenters. The molecule has 0 aliphatic heterocycles. The minimum Gasteiger partial charge on any atom is -0.320 e. The summed E-state index contributed by atoms with van der Waals surface area (Å²) in [6.45, 7) is 0. The number of thioether (sulfide) groups is 1. The Kier molecular flexibility index (Phi) is 5.00. The van der Waals surface area contributed by atoms with Gasteiger partial charge in [0.2, 0.25) is 5.91 Å². The highest BCUT2D eigenvalue weighted by Crippen LogP contribution is 2.02. The molecule has 0 aromatic carbocycles. The molecule has 0 fully saturated rings. The highest BCUT2D eigenvalue weighted by Gasteiger charge is 2.13. The Balaban J connectivity index is 2.50. The number of aromatic amines is 1. The number of nitrogens with zero attached hydrogens (tertiary/aromatic N) is 1. The third-order valence-electron chi connectivity index (χ3n) is 1.90. The van der Waals surface area contributed by atoms with Crippen molar-refractivity contribution in [2.24, 2.45) is 5.73 Å². The fourth-order valence-corrected chi connectivity index (χ4v) is 1.50. The Morgan fingerprint density at radius 1 is 1.69 bits per heavy atom. The quantitative estimate of drug-likeness (QED) is 0.663. The van der Waals surface area contributed by atoms with Crippen molar-refractivity contribution in [1.82, 2.24) is 10.2 Å². The highest BCUT2D eigenvalue weighted by molar-refractivity contribution is 7.98. The minimum absolute atomic E-state index is 0.296. The maximum absolute atomic E-state index is 11.5. The first-order chi connectivity index (χ1) is 7.63. The summed E-state index contributed by atoms with van der Waals surface area (Å²) < 4.78 is 0. The molecular formula is C9H14N4O2S. The van der Waals surface area contributed by atoms with E-state index in [4.69, 9.17) is 5.73 Å². The van der Waals surface area contributed by atoms with Gasteiger partial charge < -0.3 is 11.1 Å². The molecule has 0 spiro atoms. The summed E-state index contributed by atoms with van der Waals surface area (Å²) in [6, 6.07) is 2.16. The van der Waals surface area contributed by atoms with Crippen LogP contribution in [0.2, 0.25) is 0 Å². The summed E-state index contributed by atoms with van der Waals surface area (Å²) in [5.41, 5.74) is 5.34. The predicted octanol–water partition coefficient (Wildman–Crippen LogP) is -0.211. The number of hydrogen-bond acceptors (Lipinski definition) is 5. The standard InChI is InChI=1S/C9H14N4O2S/c1-16-5-4-6(10)9(15)11-7-2-3-8(14)13-12-7/h2-3,6H,4-5,10H2,1H3,(H,13,14)(H,11,12,15)/t6-/m0/s1. The van der Waals surface area contributed by atoms with Crippen molar-refractivity contribution in [2.75, 3.05) is 17.3 Å². The van der Waals surface area contributed by atoms with Crippen LogP contribution in [0.15, 0.2) is 16.9 Å². The summed E-state index contributed by atoms with van der Waals surface area (Å²) in [6.07, 6.45) is 2.56. The maximum Gasteiger partial charge on any atom is 0.264 e. The molecule has 88 valence electrons.